The van der Waals surface area contributed by atoms with E-state index in [4.69, 9.17) is 4.74 Å². The summed E-state index contributed by atoms with van der Waals surface area (Å²) in [6.45, 7) is 6.24. The molecule has 0 saturated heterocycles. The minimum atomic E-state index is 0.647. The lowest BCUT2D eigenvalue weighted by atomic mass is 10.2. The lowest BCUT2D eigenvalue weighted by molar-refractivity contribution is 0.336. The molecule has 3 nitrogen and oxygen atoms in total. The molecule has 1 aromatic carbocycles. The van der Waals surface area contributed by atoms with Crippen molar-refractivity contribution in [2.24, 2.45) is 0 Å². The molecule has 1 heterocycles. The van der Waals surface area contributed by atoms with Crippen molar-refractivity contribution >= 4 is 31.9 Å². The number of pyridine rings is 1. The molecule has 0 aliphatic heterocycles. The number of nitrogens with one attached hydrogen (secondary N) is 1. The van der Waals surface area contributed by atoms with Crippen LogP contribution in [0.3, 0.4) is 0 Å². The van der Waals surface area contributed by atoms with Gasteiger partial charge in [-0.25, -0.2) is 0 Å². The van der Waals surface area contributed by atoms with Crippen molar-refractivity contribution in [2.45, 2.75) is 26.9 Å². The predicted molar refractivity (Wildman–Crippen MR) is 92.5 cm³/mol. The smallest absolute Gasteiger partial charge is 0.147 e. The number of hydrogen-bond donors (Lipinski definition) is 1. The summed E-state index contributed by atoms with van der Waals surface area (Å²) in [6.07, 6.45) is 1.83. The molecule has 21 heavy (non-hydrogen) atoms. The molecular weight excluding hydrogens is 396 g/mol. The first-order valence-electron chi connectivity index (χ1n) is 6.83. The highest BCUT2D eigenvalue weighted by atomic mass is 79.9. The van der Waals surface area contributed by atoms with Gasteiger partial charge in [0.05, 0.1) is 21.2 Å². The van der Waals surface area contributed by atoms with E-state index in [1.165, 1.54) is 11.1 Å². The molecule has 0 aliphatic rings. The van der Waals surface area contributed by atoms with Gasteiger partial charge in [-0.15, -0.1) is 0 Å². The summed E-state index contributed by atoms with van der Waals surface area (Å²) in [5.41, 5.74) is 3.48. The van der Waals surface area contributed by atoms with Crippen LogP contribution >= 0.6 is 31.9 Å². The molecule has 1 aromatic heterocycles. The van der Waals surface area contributed by atoms with E-state index in [1.807, 2.05) is 19.2 Å². The molecule has 0 saturated carbocycles. The summed E-state index contributed by atoms with van der Waals surface area (Å²) in [7, 11) is 0. The minimum absolute atomic E-state index is 0.647. The van der Waals surface area contributed by atoms with Gasteiger partial charge in [-0.1, -0.05) is 6.07 Å². The fourth-order valence-electron chi connectivity index (χ4n) is 2.03. The van der Waals surface area contributed by atoms with Crippen molar-refractivity contribution in [3.8, 4) is 5.75 Å². The van der Waals surface area contributed by atoms with E-state index in [9.17, 15) is 0 Å². The van der Waals surface area contributed by atoms with Crippen LogP contribution in [-0.2, 0) is 13.1 Å². The number of benzene rings is 1. The molecule has 0 spiro atoms. The lowest BCUT2D eigenvalue weighted by Gasteiger charge is -2.12. The number of nitrogens with zero attached hydrogens (tertiary/aromatic N) is 1. The topological polar surface area (TPSA) is 34.1 Å². The van der Waals surface area contributed by atoms with Crippen LogP contribution in [0.4, 0.5) is 0 Å². The fraction of sp³-hybridized carbons (Fsp3) is 0.312. The summed E-state index contributed by atoms with van der Waals surface area (Å²) < 4.78 is 7.51. The molecule has 0 bridgehead atoms. The summed E-state index contributed by atoms with van der Waals surface area (Å²) >= 11 is 7.10. The van der Waals surface area contributed by atoms with E-state index in [1.54, 1.807) is 0 Å². The summed E-state index contributed by atoms with van der Waals surface area (Å²) in [6, 6.07) is 8.19. The van der Waals surface area contributed by atoms with Gasteiger partial charge in [-0.05, 0) is 75.0 Å². The van der Waals surface area contributed by atoms with Crippen molar-refractivity contribution in [1.29, 1.82) is 0 Å². The Bertz CT molecular complexity index is 594. The van der Waals surface area contributed by atoms with Gasteiger partial charge in [0.1, 0.15) is 5.75 Å². The van der Waals surface area contributed by atoms with Crippen LogP contribution < -0.4 is 10.1 Å². The summed E-state index contributed by atoms with van der Waals surface area (Å²) in [5.74, 6) is 0.849. The molecule has 0 amide bonds. The van der Waals surface area contributed by atoms with Crippen LogP contribution in [0.1, 0.15) is 23.7 Å². The normalized spacial score (nSPS) is 10.7. The molecule has 5 heteroatoms. The first kappa shape index (κ1) is 16.5. The summed E-state index contributed by atoms with van der Waals surface area (Å²) in [4.78, 5) is 4.38. The van der Waals surface area contributed by atoms with Crippen LogP contribution in [-0.4, -0.2) is 11.6 Å². The average Bonchev–Trinajstić information content (AvgIpc) is 2.45. The van der Waals surface area contributed by atoms with Gasteiger partial charge in [0.25, 0.3) is 0 Å². The zero-order valence-electron chi connectivity index (χ0n) is 12.1. The monoisotopic (exact) mass is 412 g/mol. The molecule has 2 rings (SSSR count). The van der Waals surface area contributed by atoms with Crippen LogP contribution in [0, 0.1) is 6.92 Å². The van der Waals surface area contributed by atoms with Crippen molar-refractivity contribution in [3.63, 3.8) is 0 Å². The van der Waals surface area contributed by atoms with E-state index in [-0.39, 0.29) is 0 Å². The van der Waals surface area contributed by atoms with E-state index in [2.05, 4.69) is 67.3 Å². The molecule has 2 aromatic rings. The van der Waals surface area contributed by atoms with Crippen LogP contribution in [0.2, 0.25) is 0 Å². The molecule has 1 N–H and O–H groups in total. The maximum atomic E-state index is 5.59. The average molecular weight is 414 g/mol. The molecule has 0 fully saturated rings. The van der Waals surface area contributed by atoms with Crippen LogP contribution in [0.25, 0.3) is 0 Å². The number of halogens is 2. The maximum absolute atomic E-state index is 5.59. The Morgan fingerprint density at radius 3 is 2.52 bits per heavy atom. The van der Waals surface area contributed by atoms with E-state index < -0.39 is 0 Å². The Kier molecular flexibility index (Phi) is 6.21. The first-order chi connectivity index (χ1) is 10.1. The second-order valence-electron chi connectivity index (χ2n) is 4.69. The maximum Gasteiger partial charge on any atom is 0.147 e. The Labute approximate surface area is 142 Å². The number of rotatable bonds is 6. The number of aryl methyl sites for hydroxylation is 1. The lowest BCUT2D eigenvalue weighted by Crippen LogP contribution is -2.14. The third-order valence-corrected chi connectivity index (χ3v) is 4.26. The van der Waals surface area contributed by atoms with E-state index >= 15 is 0 Å². The van der Waals surface area contributed by atoms with Gasteiger partial charge in [0, 0.05) is 19.3 Å². The molecule has 0 atom stereocenters. The van der Waals surface area contributed by atoms with Crippen molar-refractivity contribution in [2.75, 3.05) is 6.61 Å². The van der Waals surface area contributed by atoms with E-state index in [0.717, 1.165) is 33.5 Å². The Hall–Kier alpha value is -0.910. The minimum Gasteiger partial charge on any atom is -0.492 e. The highest BCUT2D eigenvalue weighted by Crippen LogP contribution is 2.34. The standard InChI is InChI=1S/C16H18Br2N2O/c1-3-21-16-13(17)7-12(8-14(16)18)9-19-10-15-11(2)5-4-6-20-15/h4-8,19H,3,9-10H2,1-2H3. The van der Waals surface area contributed by atoms with Gasteiger partial charge < -0.3 is 10.1 Å². The van der Waals surface area contributed by atoms with Crippen molar-refractivity contribution in [1.82, 2.24) is 10.3 Å². The second-order valence-corrected chi connectivity index (χ2v) is 6.40. The number of ether oxygens (including phenoxy) is 1. The molecule has 0 unspecified atom stereocenters. The van der Waals surface area contributed by atoms with Gasteiger partial charge in [0.15, 0.2) is 0 Å². The van der Waals surface area contributed by atoms with Gasteiger partial charge in [-0.2, -0.15) is 0 Å². The molecule has 0 radical (unpaired) electrons. The number of aromatic nitrogens is 1. The summed E-state index contributed by atoms with van der Waals surface area (Å²) in [5, 5.41) is 3.42. The second kappa shape index (κ2) is 7.92. The van der Waals surface area contributed by atoms with Gasteiger partial charge in [-0.3, -0.25) is 4.98 Å². The zero-order chi connectivity index (χ0) is 15.2. The van der Waals surface area contributed by atoms with Gasteiger partial charge >= 0.3 is 0 Å². The molecule has 0 aliphatic carbocycles. The largest absolute Gasteiger partial charge is 0.492 e. The van der Waals surface area contributed by atoms with Crippen molar-refractivity contribution in [3.05, 3.63) is 56.2 Å². The Morgan fingerprint density at radius 2 is 1.90 bits per heavy atom. The first-order valence-corrected chi connectivity index (χ1v) is 8.42. The third kappa shape index (κ3) is 4.53. The van der Waals surface area contributed by atoms with E-state index in [0.29, 0.717) is 6.61 Å². The fourth-order valence-corrected chi connectivity index (χ4v) is 3.54. The quantitative estimate of drug-likeness (QED) is 0.751. The van der Waals surface area contributed by atoms with Crippen LogP contribution in [0.5, 0.6) is 5.75 Å². The molecular formula is C16H18Br2N2O. The van der Waals surface area contributed by atoms with Crippen LogP contribution in [0.15, 0.2) is 39.4 Å². The Balaban J connectivity index is 1.99. The number of hydrogen-bond acceptors (Lipinski definition) is 3. The molecule has 112 valence electrons. The Morgan fingerprint density at radius 1 is 1.19 bits per heavy atom. The van der Waals surface area contributed by atoms with Gasteiger partial charge in [0.2, 0.25) is 0 Å². The third-order valence-electron chi connectivity index (χ3n) is 3.09. The van der Waals surface area contributed by atoms with Crippen molar-refractivity contribution < 1.29 is 4.74 Å². The zero-order valence-corrected chi connectivity index (χ0v) is 15.3. The highest BCUT2D eigenvalue weighted by molar-refractivity contribution is 9.11. The predicted octanol–water partition coefficient (Wildman–Crippen LogP) is 4.60. The SMILES string of the molecule is CCOc1c(Br)cc(CNCc2ncccc2C)cc1Br. The highest BCUT2D eigenvalue weighted by Gasteiger charge is 2.08.